The molecule has 0 radical (unpaired) electrons. The molecule has 6 nitrogen and oxygen atoms in total. The van der Waals surface area contributed by atoms with Crippen molar-refractivity contribution >= 4 is 33.4 Å². The predicted molar refractivity (Wildman–Crippen MR) is 135 cm³/mol. The fraction of sp³-hybridized carbons (Fsp3) is 0.259. The Kier molecular flexibility index (Phi) is 6.30. The third-order valence-electron chi connectivity index (χ3n) is 6.46. The minimum Gasteiger partial charge on any atom is -0.497 e. The van der Waals surface area contributed by atoms with E-state index in [4.69, 9.17) is 4.74 Å². The summed E-state index contributed by atoms with van der Waals surface area (Å²) in [6.07, 6.45) is 0. The number of carbonyl (C=O) groups is 2. The molecule has 0 spiro atoms. The van der Waals surface area contributed by atoms with Gasteiger partial charge in [-0.2, -0.15) is 0 Å². The summed E-state index contributed by atoms with van der Waals surface area (Å²) in [5, 5.41) is 3.07. The molecule has 2 aromatic heterocycles. The van der Waals surface area contributed by atoms with Crippen LogP contribution in [0.5, 0.6) is 5.75 Å². The van der Waals surface area contributed by atoms with Gasteiger partial charge in [-0.15, -0.1) is 11.3 Å². The van der Waals surface area contributed by atoms with Gasteiger partial charge in [0.25, 0.3) is 11.8 Å². The van der Waals surface area contributed by atoms with Crippen LogP contribution in [0.1, 0.15) is 33.3 Å². The van der Waals surface area contributed by atoms with E-state index in [1.54, 1.807) is 23.3 Å². The largest absolute Gasteiger partial charge is 0.497 e. The van der Waals surface area contributed by atoms with Crippen molar-refractivity contribution in [1.29, 1.82) is 0 Å². The Hall–Kier alpha value is -3.65. The van der Waals surface area contributed by atoms with Crippen molar-refractivity contribution < 1.29 is 18.7 Å². The molecule has 1 saturated heterocycles. The number of amides is 2. The van der Waals surface area contributed by atoms with Crippen LogP contribution in [0, 0.1) is 5.82 Å². The number of benzene rings is 2. The molecule has 2 aromatic carbocycles. The monoisotopic (exact) mass is 491 g/mol. The van der Waals surface area contributed by atoms with Crippen LogP contribution in [0.15, 0.2) is 66.0 Å². The van der Waals surface area contributed by atoms with Gasteiger partial charge in [0.15, 0.2) is 0 Å². The molecule has 1 aliphatic heterocycles. The molecule has 0 aliphatic carbocycles. The maximum Gasteiger partial charge on any atom is 0.270 e. The minimum absolute atomic E-state index is 0.0444. The molecule has 1 atom stereocenters. The molecule has 1 unspecified atom stereocenters. The third-order valence-corrected chi connectivity index (χ3v) is 7.41. The summed E-state index contributed by atoms with van der Waals surface area (Å²) in [6, 6.07) is 17.3. The standard InChI is InChI=1S/C27H26FN3O3S/c1-18-16-29(11-12-30(18)25(32)20-6-8-22(28)9-7-20)26(33)24-15-21-10-13-35-27(21)31(24)17-19-4-3-5-23(14-19)34-2/h3-10,13-15,18H,11-12,16-17H2,1-2H3. The van der Waals surface area contributed by atoms with Crippen molar-refractivity contribution in [3.05, 3.63) is 88.7 Å². The van der Waals surface area contributed by atoms with E-state index in [2.05, 4.69) is 4.57 Å². The number of rotatable bonds is 5. The van der Waals surface area contributed by atoms with E-state index in [1.165, 1.54) is 24.3 Å². The second-order valence-corrected chi connectivity index (χ2v) is 9.65. The van der Waals surface area contributed by atoms with E-state index in [-0.39, 0.29) is 23.7 Å². The first kappa shape index (κ1) is 23.1. The van der Waals surface area contributed by atoms with Crippen molar-refractivity contribution in [2.45, 2.75) is 19.5 Å². The van der Waals surface area contributed by atoms with Crippen LogP contribution in [0.4, 0.5) is 4.39 Å². The Morgan fingerprint density at radius 2 is 1.86 bits per heavy atom. The quantitative estimate of drug-likeness (QED) is 0.400. The van der Waals surface area contributed by atoms with Gasteiger partial charge in [-0.3, -0.25) is 9.59 Å². The molecule has 1 aliphatic rings. The molecule has 4 aromatic rings. The van der Waals surface area contributed by atoms with Gasteiger partial charge in [0, 0.05) is 43.2 Å². The van der Waals surface area contributed by atoms with Gasteiger partial charge in [0.05, 0.1) is 7.11 Å². The lowest BCUT2D eigenvalue weighted by Crippen LogP contribution is -2.55. The number of fused-ring (bicyclic) bond motifs is 1. The van der Waals surface area contributed by atoms with Crippen LogP contribution < -0.4 is 4.74 Å². The number of methoxy groups -OCH3 is 1. The molecule has 8 heteroatoms. The first-order chi connectivity index (χ1) is 16.9. The van der Waals surface area contributed by atoms with Crippen molar-refractivity contribution in [2.75, 3.05) is 26.7 Å². The summed E-state index contributed by atoms with van der Waals surface area (Å²) >= 11 is 1.61. The number of hydrogen-bond donors (Lipinski definition) is 0. The maximum atomic E-state index is 13.7. The van der Waals surface area contributed by atoms with Gasteiger partial charge < -0.3 is 19.1 Å². The molecule has 180 valence electrons. The van der Waals surface area contributed by atoms with Crippen LogP contribution in [0.25, 0.3) is 10.2 Å². The highest BCUT2D eigenvalue weighted by Gasteiger charge is 2.32. The van der Waals surface area contributed by atoms with Crippen LogP contribution >= 0.6 is 11.3 Å². The molecule has 1 fully saturated rings. The highest BCUT2D eigenvalue weighted by Crippen LogP contribution is 2.28. The number of piperazine rings is 1. The average molecular weight is 492 g/mol. The van der Waals surface area contributed by atoms with E-state index in [0.717, 1.165) is 21.5 Å². The fourth-order valence-corrected chi connectivity index (χ4v) is 5.52. The zero-order valence-electron chi connectivity index (χ0n) is 19.6. The Morgan fingerprint density at radius 1 is 1.06 bits per heavy atom. The SMILES string of the molecule is COc1cccc(Cn2c(C(=O)N3CCN(C(=O)c4ccc(F)cc4)C(C)C3)cc3ccsc32)c1. The van der Waals surface area contributed by atoms with E-state index in [1.807, 2.05) is 53.6 Å². The lowest BCUT2D eigenvalue weighted by molar-refractivity contribution is 0.0409. The second kappa shape index (κ2) is 9.54. The van der Waals surface area contributed by atoms with Crippen molar-refractivity contribution in [3.63, 3.8) is 0 Å². The zero-order valence-corrected chi connectivity index (χ0v) is 20.4. The summed E-state index contributed by atoms with van der Waals surface area (Å²) < 4.78 is 20.7. The topological polar surface area (TPSA) is 54.8 Å². The predicted octanol–water partition coefficient (Wildman–Crippen LogP) is 4.89. The van der Waals surface area contributed by atoms with E-state index >= 15 is 0 Å². The molecule has 3 heterocycles. The van der Waals surface area contributed by atoms with Gasteiger partial charge in [-0.25, -0.2) is 4.39 Å². The molecular formula is C27H26FN3O3S. The zero-order chi connectivity index (χ0) is 24.5. The Labute approximate surface area is 207 Å². The van der Waals surface area contributed by atoms with Gasteiger partial charge in [-0.05, 0) is 66.4 Å². The summed E-state index contributed by atoms with van der Waals surface area (Å²) in [5.41, 5.74) is 2.14. The van der Waals surface area contributed by atoms with Crippen LogP contribution in [-0.4, -0.2) is 59.0 Å². The fourth-order valence-electron chi connectivity index (χ4n) is 4.63. The number of aromatic nitrogens is 1. The molecule has 0 bridgehead atoms. The lowest BCUT2D eigenvalue weighted by atomic mass is 10.1. The Bertz CT molecular complexity index is 1380. The molecule has 35 heavy (non-hydrogen) atoms. The molecule has 0 saturated carbocycles. The normalized spacial score (nSPS) is 16.0. The second-order valence-electron chi connectivity index (χ2n) is 8.75. The van der Waals surface area contributed by atoms with Gasteiger partial charge in [0.2, 0.25) is 0 Å². The smallest absolute Gasteiger partial charge is 0.270 e. The summed E-state index contributed by atoms with van der Waals surface area (Å²) in [5.74, 6) is 0.214. The minimum atomic E-state index is -0.373. The number of nitrogens with zero attached hydrogens (tertiary/aromatic N) is 3. The van der Waals surface area contributed by atoms with Gasteiger partial charge in [-0.1, -0.05) is 12.1 Å². The van der Waals surface area contributed by atoms with Crippen LogP contribution in [-0.2, 0) is 6.54 Å². The van der Waals surface area contributed by atoms with Crippen molar-refractivity contribution in [2.24, 2.45) is 0 Å². The first-order valence-electron chi connectivity index (χ1n) is 11.5. The number of hydrogen-bond acceptors (Lipinski definition) is 4. The Morgan fingerprint density at radius 3 is 2.60 bits per heavy atom. The Balaban J connectivity index is 1.36. The average Bonchev–Trinajstić information content (AvgIpc) is 3.46. The van der Waals surface area contributed by atoms with E-state index in [9.17, 15) is 14.0 Å². The van der Waals surface area contributed by atoms with E-state index < -0.39 is 0 Å². The highest BCUT2D eigenvalue weighted by molar-refractivity contribution is 7.16. The van der Waals surface area contributed by atoms with Crippen LogP contribution in [0.3, 0.4) is 0 Å². The molecule has 0 N–H and O–H groups in total. The number of thiophene rings is 1. The maximum absolute atomic E-state index is 13.7. The van der Waals surface area contributed by atoms with Gasteiger partial charge >= 0.3 is 0 Å². The van der Waals surface area contributed by atoms with Crippen molar-refractivity contribution in [3.8, 4) is 5.75 Å². The number of carbonyl (C=O) groups excluding carboxylic acids is 2. The summed E-state index contributed by atoms with van der Waals surface area (Å²) in [4.78, 5) is 31.2. The first-order valence-corrected chi connectivity index (χ1v) is 12.4. The molecule has 5 rings (SSSR count). The van der Waals surface area contributed by atoms with E-state index in [0.29, 0.717) is 37.4 Å². The molecule has 2 amide bonds. The summed E-state index contributed by atoms with van der Waals surface area (Å²) in [6.45, 7) is 3.79. The number of halogens is 1. The number of ether oxygens (including phenoxy) is 1. The van der Waals surface area contributed by atoms with Crippen molar-refractivity contribution in [1.82, 2.24) is 14.4 Å². The van der Waals surface area contributed by atoms with Gasteiger partial charge in [0.1, 0.15) is 22.1 Å². The lowest BCUT2D eigenvalue weighted by Gasteiger charge is -2.40. The molecular weight excluding hydrogens is 465 g/mol. The summed E-state index contributed by atoms with van der Waals surface area (Å²) in [7, 11) is 1.64. The van der Waals surface area contributed by atoms with Crippen LogP contribution in [0.2, 0.25) is 0 Å². The highest BCUT2D eigenvalue weighted by atomic mass is 32.1. The third kappa shape index (κ3) is 4.53.